The van der Waals surface area contributed by atoms with Gasteiger partial charge in [0, 0.05) is 33.1 Å². The van der Waals surface area contributed by atoms with Crippen LogP contribution in [-0.4, -0.2) is 55.4 Å². The molecule has 138 valence electrons. The zero-order valence-corrected chi connectivity index (χ0v) is 15.6. The summed E-state index contributed by atoms with van der Waals surface area (Å²) in [6.45, 7) is 6.16. The highest BCUT2D eigenvalue weighted by molar-refractivity contribution is 5.89. The van der Waals surface area contributed by atoms with Gasteiger partial charge in [0.15, 0.2) is 0 Å². The van der Waals surface area contributed by atoms with Crippen LogP contribution < -0.4 is 10.5 Å². The first-order chi connectivity index (χ1) is 11.8. The third-order valence-corrected chi connectivity index (χ3v) is 4.69. The minimum Gasteiger partial charge on any atom is -0.497 e. The summed E-state index contributed by atoms with van der Waals surface area (Å²) in [5.74, 6) is 0.561. The quantitative estimate of drug-likeness (QED) is 0.811. The lowest BCUT2D eigenvalue weighted by atomic mass is 9.92. The summed E-state index contributed by atoms with van der Waals surface area (Å²) < 4.78 is 5.14. The Kier molecular flexibility index (Phi) is 6.06. The van der Waals surface area contributed by atoms with Crippen molar-refractivity contribution in [1.29, 1.82) is 0 Å². The lowest BCUT2D eigenvalue weighted by Gasteiger charge is -2.30. The number of hydrogen-bond donors (Lipinski definition) is 1. The third-order valence-electron chi connectivity index (χ3n) is 4.69. The van der Waals surface area contributed by atoms with E-state index in [4.69, 9.17) is 10.5 Å². The second-order valence-electron chi connectivity index (χ2n) is 7.59. The van der Waals surface area contributed by atoms with E-state index in [-0.39, 0.29) is 29.6 Å². The first kappa shape index (κ1) is 19.2. The van der Waals surface area contributed by atoms with Crippen molar-refractivity contribution in [3.63, 3.8) is 0 Å². The van der Waals surface area contributed by atoms with Gasteiger partial charge in [-0.1, -0.05) is 26.0 Å². The van der Waals surface area contributed by atoms with Crippen LogP contribution in [0.15, 0.2) is 24.3 Å². The molecule has 2 rings (SSSR count). The maximum atomic E-state index is 12.7. The smallest absolute Gasteiger partial charge is 0.227 e. The Morgan fingerprint density at radius 2 is 2.00 bits per heavy atom. The number of likely N-dealkylation sites (tertiary alicyclic amines) is 1. The predicted octanol–water partition coefficient (Wildman–Crippen LogP) is 1.49. The van der Waals surface area contributed by atoms with E-state index >= 15 is 0 Å². The summed E-state index contributed by atoms with van der Waals surface area (Å²) in [5, 5.41) is 0. The van der Waals surface area contributed by atoms with Gasteiger partial charge in [-0.3, -0.25) is 9.59 Å². The van der Waals surface area contributed by atoms with Crippen molar-refractivity contribution < 1.29 is 14.3 Å². The first-order valence-corrected chi connectivity index (χ1v) is 8.61. The van der Waals surface area contributed by atoms with Gasteiger partial charge in [-0.25, -0.2) is 0 Å². The summed E-state index contributed by atoms with van der Waals surface area (Å²) in [6, 6.07) is 7.64. The van der Waals surface area contributed by atoms with Gasteiger partial charge < -0.3 is 20.3 Å². The van der Waals surface area contributed by atoms with Crippen LogP contribution in [0, 0.1) is 11.3 Å². The monoisotopic (exact) mass is 347 g/mol. The average Bonchev–Trinajstić information content (AvgIpc) is 2.95. The number of carbonyl (C=O) groups is 2. The number of methoxy groups -OCH3 is 1. The molecule has 0 radical (unpaired) electrons. The minimum atomic E-state index is -0.274. The molecule has 2 amide bonds. The van der Waals surface area contributed by atoms with Gasteiger partial charge >= 0.3 is 0 Å². The molecular weight excluding hydrogens is 318 g/mol. The Labute approximate surface area is 149 Å². The van der Waals surface area contributed by atoms with E-state index in [0.717, 1.165) is 11.3 Å². The second kappa shape index (κ2) is 7.87. The van der Waals surface area contributed by atoms with E-state index in [1.54, 1.807) is 24.0 Å². The summed E-state index contributed by atoms with van der Waals surface area (Å²) >= 11 is 0. The lowest BCUT2D eigenvalue weighted by molar-refractivity contribution is -0.135. The van der Waals surface area contributed by atoms with Gasteiger partial charge in [0.2, 0.25) is 11.8 Å². The SMILES string of the molecule is COc1ccc(CN2CC(C(=O)N(C)CC(C)(C)CN)CC2=O)cc1. The number of ether oxygens (including phenoxy) is 1. The highest BCUT2D eigenvalue weighted by Gasteiger charge is 2.36. The van der Waals surface area contributed by atoms with Crippen molar-refractivity contribution in [3.05, 3.63) is 29.8 Å². The van der Waals surface area contributed by atoms with E-state index < -0.39 is 0 Å². The van der Waals surface area contributed by atoms with Crippen molar-refractivity contribution in [3.8, 4) is 5.75 Å². The van der Waals surface area contributed by atoms with Gasteiger partial charge in [0.25, 0.3) is 0 Å². The van der Waals surface area contributed by atoms with Crippen molar-refractivity contribution in [1.82, 2.24) is 9.80 Å². The molecule has 1 aromatic carbocycles. The molecule has 0 spiro atoms. The normalized spacial score (nSPS) is 17.7. The summed E-state index contributed by atoms with van der Waals surface area (Å²) in [7, 11) is 3.41. The van der Waals surface area contributed by atoms with E-state index in [1.807, 2.05) is 38.1 Å². The van der Waals surface area contributed by atoms with Gasteiger partial charge in [-0.15, -0.1) is 0 Å². The molecule has 1 aromatic rings. The van der Waals surface area contributed by atoms with Gasteiger partial charge in [-0.2, -0.15) is 0 Å². The van der Waals surface area contributed by atoms with E-state index in [0.29, 0.717) is 26.2 Å². The molecule has 1 atom stereocenters. The molecule has 0 bridgehead atoms. The van der Waals surface area contributed by atoms with Crippen molar-refractivity contribution in [2.24, 2.45) is 17.1 Å². The van der Waals surface area contributed by atoms with E-state index in [1.165, 1.54) is 0 Å². The number of amides is 2. The Bertz CT molecular complexity index is 613. The zero-order valence-electron chi connectivity index (χ0n) is 15.6. The number of benzene rings is 1. The number of rotatable bonds is 7. The molecule has 6 nitrogen and oxygen atoms in total. The van der Waals surface area contributed by atoms with Crippen LogP contribution in [-0.2, 0) is 16.1 Å². The Balaban J connectivity index is 1.95. The molecule has 1 aliphatic rings. The summed E-state index contributed by atoms with van der Waals surface area (Å²) in [5.41, 5.74) is 6.65. The Morgan fingerprint density at radius 3 is 2.56 bits per heavy atom. The van der Waals surface area contributed by atoms with E-state index in [9.17, 15) is 9.59 Å². The van der Waals surface area contributed by atoms with Crippen molar-refractivity contribution >= 4 is 11.8 Å². The van der Waals surface area contributed by atoms with E-state index in [2.05, 4.69) is 0 Å². The topological polar surface area (TPSA) is 75.9 Å². The molecule has 0 aliphatic carbocycles. The number of nitrogens with zero attached hydrogens (tertiary/aromatic N) is 2. The van der Waals surface area contributed by atoms with Crippen LogP contribution in [0.2, 0.25) is 0 Å². The molecule has 1 heterocycles. The second-order valence-corrected chi connectivity index (χ2v) is 7.59. The lowest BCUT2D eigenvalue weighted by Crippen LogP contribution is -2.42. The fourth-order valence-electron chi connectivity index (χ4n) is 3.14. The molecule has 2 N–H and O–H groups in total. The molecule has 1 aliphatic heterocycles. The molecule has 0 aromatic heterocycles. The maximum Gasteiger partial charge on any atom is 0.227 e. The average molecular weight is 347 g/mol. The molecule has 1 saturated heterocycles. The molecular formula is C19H29N3O3. The summed E-state index contributed by atoms with van der Waals surface area (Å²) in [6.07, 6.45) is 0.280. The maximum absolute atomic E-state index is 12.7. The van der Waals surface area contributed by atoms with Crippen LogP contribution >= 0.6 is 0 Å². The van der Waals surface area contributed by atoms with Gasteiger partial charge in [-0.05, 0) is 29.7 Å². The molecule has 0 saturated carbocycles. The highest BCUT2D eigenvalue weighted by atomic mass is 16.5. The number of nitrogens with two attached hydrogens (primary N) is 1. The summed E-state index contributed by atoms with van der Waals surface area (Å²) in [4.78, 5) is 28.4. The Hall–Kier alpha value is -2.08. The molecule has 25 heavy (non-hydrogen) atoms. The van der Waals surface area contributed by atoms with Gasteiger partial charge in [0.05, 0.1) is 13.0 Å². The fraction of sp³-hybridized carbons (Fsp3) is 0.579. The van der Waals surface area contributed by atoms with Gasteiger partial charge in [0.1, 0.15) is 5.75 Å². The molecule has 1 unspecified atom stereocenters. The van der Waals surface area contributed by atoms with Crippen LogP contribution in [0.5, 0.6) is 5.75 Å². The molecule has 1 fully saturated rings. The zero-order chi connectivity index (χ0) is 18.6. The van der Waals surface area contributed by atoms with Crippen LogP contribution in [0.25, 0.3) is 0 Å². The number of carbonyl (C=O) groups excluding carboxylic acids is 2. The van der Waals surface area contributed by atoms with Crippen molar-refractivity contribution in [2.75, 3.05) is 33.8 Å². The largest absolute Gasteiger partial charge is 0.497 e. The standard InChI is InChI=1S/C19H29N3O3/c1-19(2,12-20)13-21(3)18(24)15-9-17(23)22(11-15)10-14-5-7-16(25-4)8-6-14/h5-8,15H,9-13,20H2,1-4H3. The first-order valence-electron chi connectivity index (χ1n) is 8.61. The fourth-order valence-corrected chi connectivity index (χ4v) is 3.14. The predicted molar refractivity (Wildman–Crippen MR) is 97.0 cm³/mol. The number of hydrogen-bond acceptors (Lipinski definition) is 4. The van der Waals surface area contributed by atoms with Crippen molar-refractivity contribution in [2.45, 2.75) is 26.8 Å². The molecule has 6 heteroatoms. The van der Waals surface area contributed by atoms with Crippen LogP contribution in [0.4, 0.5) is 0 Å². The van der Waals surface area contributed by atoms with Crippen LogP contribution in [0.1, 0.15) is 25.8 Å². The Morgan fingerprint density at radius 1 is 1.36 bits per heavy atom. The highest BCUT2D eigenvalue weighted by Crippen LogP contribution is 2.24. The van der Waals surface area contributed by atoms with Crippen LogP contribution in [0.3, 0.4) is 0 Å². The minimum absolute atomic E-state index is 0.0205. The third kappa shape index (κ3) is 4.95.